The molecule has 0 fully saturated rings. The van der Waals surface area contributed by atoms with Crippen LogP contribution in [-0.2, 0) is 19.3 Å². The van der Waals surface area contributed by atoms with E-state index in [1.165, 1.54) is 16.7 Å². The Labute approximate surface area is 213 Å². The molecule has 0 bridgehead atoms. The highest BCUT2D eigenvalue weighted by atomic mass is 35.5. The van der Waals surface area contributed by atoms with E-state index in [0.717, 1.165) is 52.8 Å². The summed E-state index contributed by atoms with van der Waals surface area (Å²) in [6, 6.07) is 21.1. The Hall–Kier alpha value is -3.90. The Morgan fingerprint density at radius 1 is 1.08 bits per heavy atom. The van der Waals surface area contributed by atoms with Crippen molar-refractivity contribution in [3.63, 3.8) is 0 Å². The van der Waals surface area contributed by atoms with Gasteiger partial charge >= 0.3 is 5.76 Å². The van der Waals surface area contributed by atoms with Crippen molar-refractivity contribution in [3.8, 4) is 0 Å². The third-order valence-electron chi connectivity index (χ3n) is 7.06. The number of imidazole rings is 1. The van der Waals surface area contributed by atoms with Crippen LogP contribution in [-0.4, -0.2) is 19.7 Å². The number of fused-ring (bicyclic) bond motifs is 3. The topological polar surface area (TPSA) is 76.7 Å². The summed E-state index contributed by atoms with van der Waals surface area (Å²) in [7, 11) is 0. The Kier molecular flexibility index (Phi) is 5.61. The van der Waals surface area contributed by atoms with Gasteiger partial charge in [-0.15, -0.1) is 0 Å². The number of hydrogen-bond donors (Lipinski definition) is 1. The van der Waals surface area contributed by atoms with Crippen LogP contribution < -0.4 is 5.76 Å². The van der Waals surface area contributed by atoms with Crippen LogP contribution in [0.25, 0.3) is 22.7 Å². The average molecular weight is 497 g/mol. The van der Waals surface area contributed by atoms with Crippen molar-refractivity contribution in [1.29, 1.82) is 0 Å². The predicted octanol–water partition coefficient (Wildman–Crippen LogP) is 6.23. The fourth-order valence-electron chi connectivity index (χ4n) is 5.32. The van der Waals surface area contributed by atoms with Gasteiger partial charge in [0.15, 0.2) is 5.82 Å². The number of rotatable bonds is 4. The quantitative estimate of drug-likeness (QED) is 0.320. The van der Waals surface area contributed by atoms with Crippen LogP contribution in [0.2, 0.25) is 5.02 Å². The molecule has 2 heterocycles. The van der Waals surface area contributed by atoms with E-state index >= 15 is 0 Å². The first-order valence-electron chi connectivity index (χ1n) is 12.2. The maximum absolute atomic E-state index is 11.6. The summed E-state index contributed by atoms with van der Waals surface area (Å²) in [5, 5.41) is 4.56. The molecule has 1 unspecified atom stereocenters. The number of nitrogens with zero attached hydrogens (tertiary/aromatic N) is 3. The van der Waals surface area contributed by atoms with Crippen molar-refractivity contribution in [2.24, 2.45) is 0 Å². The lowest BCUT2D eigenvalue weighted by atomic mass is 9.91. The molecule has 0 radical (unpaired) electrons. The maximum Gasteiger partial charge on any atom is 0.439 e. The van der Waals surface area contributed by atoms with Crippen LogP contribution in [0.5, 0.6) is 0 Å². The van der Waals surface area contributed by atoms with Crippen LogP contribution in [0.1, 0.15) is 59.4 Å². The first-order chi connectivity index (χ1) is 17.5. The van der Waals surface area contributed by atoms with Crippen LogP contribution in [0.3, 0.4) is 0 Å². The third kappa shape index (κ3) is 3.78. The molecule has 180 valence electrons. The van der Waals surface area contributed by atoms with Gasteiger partial charge in [-0.3, -0.25) is 9.51 Å². The van der Waals surface area contributed by atoms with Crippen LogP contribution in [0.4, 0.5) is 0 Å². The van der Waals surface area contributed by atoms with E-state index in [2.05, 4.69) is 71.0 Å². The van der Waals surface area contributed by atoms with E-state index in [4.69, 9.17) is 21.1 Å². The molecule has 7 heteroatoms. The normalized spacial score (nSPS) is 15.0. The van der Waals surface area contributed by atoms with Gasteiger partial charge in [0.05, 0.1) is 16.6 Å². The van der Waals surface area contributed by atoms with Gasteiger partial charge in [-0.05, 0) is 71.4 Å². The van der Waals surface area contributed by atoms with E-state index in [1.54, 1.807) is 0 Å². The Balaban J connectivity index is 1.49. The zero-order chi connectivity index (χ0) is 24.8. The number of halogens is 1. The van der Waals surface area contributed by atoms with Gasteiger partial charge in [-0.2, -0.15) is 0 Å². The zero-order valence-electron chi connectivity index (χ0n) is 20.1. The molecule has 1 aliphatic carbocycles. The number of para-hydroxylation sites is 1. The molecule has 0 aliphatic heterocycles. The number of nitrogens with one attached hydrogen (secondary N) is 1. The lowest BCUT2D eigenvalue weighted by Crippen LogP contribution is -2.11. The summed E-state index contributed by atoms with van der Waals surface area (Å²) in [5.41, 5.74) is 8.93. The number of aromatic amines is 1. The molecule has 5 aromatic rings. The number of H-pyrrole nitrogens is 1. The molecule has 6 rings (SSSR count). The van der Waals surface area contributed by atoms with Gasteiger partial charge in [0.1, 0.15) is 11.3 Å². The van der Waals surface area contributed by atoms with Gasteiger partial charge in [0.2, 0.25) is 0 Å². The van der Waals surface area contributed by atoms with Gasteiger partial charge < -0.3 is 4.57 Å². The summed E-state index contributed by atoms with van der Waals surface area (Å²) < 4.78 is 7.04. The highest BCUT2D eigenvalue weighted by molar-refractivity contribution is 6.34. The van der Waals surface area contributed by atoms with E-state index in [1.807, 2.05) is 24.3 Å². The summed E-state index contributed by atoms with van der Waals surface area (Å²) >= 11 is 6.48. The third-order valence-corrected chi connectivity index (χ3v) is 7.36. The minimum absolute atomic E-state index is 0.0821. The van der Waals surface area contributed by atoms with Crippen molar-refractivity contribution in [2.45, 2.75) is 39.2 Å². The highest BCUT2D eigenvalue weighted by Crippen LogP contribution is 2.37. The van der Waals surface area contributed by atoms with Gasteiger partial charge in [0, 0.05) is 6.42 Å². The van der Waals surface area contributed by atoms with Crippen molar-refractivity contribution in [3.05, 3.63) is 116 Å². The molecule has 36 heavy (non-hydrogen) atoms. The average Bonchev–Trinajstić information content (AvgIpc) is 3.45. The summed E-state index contributed by atoms with van der Waals surface area (Å²) in [4.78, 5) is 19.1. The second kappa shape index (κ2) is 8.95. The number of aromatic nitrogens is 4. The largest absolute Gasteiger partial charge is 0.439 e. The number of benzene rings is 3. The minimum Gasteiger partial charge on any atom is -0.321 e. The molecular weight excluding hydrogens is 472 g/mol. The molecule has 6 nitrogen and oxygen atoms in total. The molecule has 0 spiro atoms. The molecule has 0 saturated carbocycles. The van der Waals surface area contributed by atoms with Gasteiger partial charge in [-0.1, -0.05) is 72.2 Å². The fraction of sp³-hybridized carbons (Fsp3) is 0.207. The Morgan fingerprint density at radius 2 is 1.89 bits per heavy atom. The van der Waals surface area contributed by atoms with E-state index in [0.29, 0.717) is 10.8 Å². The summed E-state index contributed by atoms with van der Waals surface area (Å²) in [6.45, 7) is 4.34. The highest BCUT2D eigenvalue weighted by Gasteiger charge is 2.22. The molecule has 2 aromatic heterocycles. The lowest BCUT2D eigenvalue weighted by Gasteiger charge is -2.20. The second-order valence-electron chi connectivity index (χ2n) is 9.15. The number of aryl methyl sites for hydroxylation is 3. The first-order valence-corrected chi connectivity index (χ1v) is 12.6. The van der Waals surface area contributed by atoms with E-state index in [-0.39, 0.29) is 6.04 Å². The first kappa shape index (κ1) is 22.6. The Morgan fingerprint density at radius 3 is 2.69 bits per heavy atom. The predicted molar refractivity (Wildman–Crippen MR) is 142 cm³/mol. The molecule has 0 saturated heterocycles. The molecule has 1 atom stereocenters. The number of hydrogen-bond acceptors (Lipinski definition) is 4. The molecule has 1 aliphatic rings. The van der Waals surface area contributed by atoms with E-state index < -0.39 is 5.76 Å². The molecule has 1 N–H and O–H groups in total. The van der Waals surface area contributed by atoms with Crippen LogP contribution in [0, 0.1) is 0 Å². The Bertz CT molecular complexity index is 1690. The van der Waals surface area contributed by atoms with Crippen molar-refractivity contribution in [1.82, 2.24) is 19.7 Å². The standard InChI is InChI=1S/C29H25ClN4O2/c1-3-27-32-28-24(30)9-6-10-25(28)34(27)17(2)19-13-14-22-20(15-19)12-11-18-7-4-5-8-21(18)23(22)16-26-31-29(35)36-33-26/h4-10,13-17H,3,11-12H2,1-2H3,(H,31,33,35)/b23-16+. The maximum atomic E-state index is 11.6. The summed E-state index contributed by atoms with van der Waals surface area (Å²) in [5.74, 6) is 0.862. The van der Waals surface area contributed by atoms with Crippen molar-refractivity contribution in [2.75, 3.05) is 0 Å². The van der Waals surface area contributed by atoms with Crippen LogP contribution in [0.15, 0.2) is 70.0 Å². The zero-order valence-corrected chi connectivity index (χ0v) is 20.8. The monoisotopic (exact) mass is 496 g/mol. The van der Waals surface area contributed by atoms with Gasteiger partial charge in [0.25, 0.3) is 0 Å². The molecule has 0 amide bonds. The van der Waals surface area contributed by atoms with Crippen molar-refractivity contribution < 1.29 is 4.52 Å². The van der Waals surface area contributed by atoms with Crippen LogP contribution >= 0.6 is 11.6 Å². The SMILES string of the molecule is CCc1nc2c(Cl)cccc2n1C(C)c1ccc2c(c1)CCc1ccccc1/C2=C\c1noc(=O)[nH]1. The smallest absolute Gasteiger partial charge is 0.321 e. The summed E-state index contributed by atoms with van der Waals surface area (Å²) in [6.07, 6.45) is 4.56. The lowest BCUT2D eigenvalue weighted by molar-refractivity contribution is 0.385. The van der Waals surface area contributed by atoms with Gasteiger partial charge in [-0.25, -0.2) is 9.78 Å². The minimum atomic E-state index is -0.562. The van der Waals surface area contributed by atoms with E-state index in [9.17, 15) is 4.79 Å². The molecular formula is C29H25ClN4O2. The fourth-order valence-corrected chi connectivity index (χ4v) is 5.53. The second-order valence-corrected chi connectivity index (χ2v) is 9.55. The molecule has 3 aromatic carbocycles. The van der Waals surface area contributed by atoms with Crippen molar-refractivity contribution >= 4 is 34.3 Å².